The summed E-state index contributed by atoms with van der Waals surface area (Å²) in [5.74, 6) is 1.87. The summed E-state index contributed by atoms with van der Waals surface area (Å²) in [6.07, 6.45) is 6.37. The number of nitrogens with one attached hydrogen (secondary N) is 1. The number of aliphatic imine (C=N–C) groups is 1. The standard InChI is InChI=1S/C35H37ClN4O5S/c1-3-4-16-31-37-35(19-10-11-20-35)34(41)40(31)22-25-17-18-28(26(21-25)23-44-27-12-6-5-7-13-27)29-14-8-9-15-30(29)46(42,43)39-33-32(36)24(2)45-38-33/h5-9,12-15,17-18,21H,3-4,10-11,16,19-20,22-23H2,1-2H3,(H,38,39). The summed E-state index contributed by atoms with van der Waals surface area (Å²) >= 11 is 6.22. The highest BCUT2D eigenvalue weighted by molar-refractivity contribution is 7.92. The van der Waals surface area contributed by atoms with Crippen molar-refractivity contribution < 1.29 is 22.5 Å². The third-order valence-corrected chi connectivity index (χ3v) is 10.5. The summed E-state index contributed by atoms with van der Waals surface area (Å²) in [7, 11) is -4.12. The third-order valence-electron chi connectivity index (χ3n) is 8.62. The molecule has 1 amide bonds. The summed E-state index contributed by atoms with van der Waals surface area (Å²) in [5.41, 5.74) is 2.23. The van der Waals surface area contributed by atoms with Gasteiger partial charge in [0.25, 0.3) is 15.9 Å². The molecule has 0 radical (unpaired) electrons. The number of sulfonamides is 1. The van der Waals surface area contributed by atoms with Crippen LogP contribution in [0.5, 0.6) is 5.75 Å². The van der Waals surface area contributed by atoms with Crippen molar-refractivity contribution in [2.45, 2.75) is 82.4 Å². The van der Waals surface area contributed by atoms with Crippen molar-refractivity contribution in [3.63, 3.8) is 0 Å². The molecule has 1 aliphatic carbocycles. The third kappa shape index (κ3) is 6.41. The van der Waals surface area contributed by atoms with Gasteiger partial charge >= 0.3 is 0 Å². The molecule has 240 valence electrons. The monoisotopic (exact) mass is 660 g/mol. The van der Waals surface area contributed by atoms with Crippen LogP contribution in [-0.2, 0) is 28.0 Å². The van der Waals surface area contributed by atoms with Gasteiger partial charge in [-0.1, -0.05) is 91.5 Å². The lowest BCUT2D eigenvalue weighted by Gasteiger charge is -2.23. The van der Waals surface area contributed by atoms with Crippen LogP contribution in [-0.4, -0.2) is 35.8 Å². The molecule has 1 saturated carbocycles. The lowest BCUT2D eigenvalue weighted by atomic mass is 9.96. The molecule has 1 N–H and O–H groups in total. The van der Waals surface area contributed by atoms with E-state index in [0.29, 0.717) is 29.2 Å². The van der Waals surface area contributed by atoms with Crippen LogP contribution in [0.1, 0.15) is 68.8 Å². The molecule has 11 heteroatoms. The van der Waals surface area contributed by atoms with Crippen molar-refractivity contribution >= 4 is 39.2 Å². The van der Waals surface area contributed by atoms with E-state index in [9.17, 15) is 13.2 Å². The van der Waals surface area contributed by atoms with Crippen molar-refractivity contribution in [1.82, 2.24) is 10.1 Å². The number of para-hydroxylation sites is 1. The van der Waals surface area contributed by atoms with E-state index < -0.39 is 15.6 Å². The lowest BCUT2D eigenvalue weighted by Crippen LogP contribution is -2.40. The second kappa shape index (κ2) is 13.3. The van der Waals surface area contributed by atoms with E-state index in [0.717, 1.165) is 61.9 Å². The first-order valence-electron chi connectivity index (χ1n) is 15.6. The largest absolute Gasteiger partial charge is 0.489 e. The van der Waals surface area contributed by atoms with Gasteiger partial charge in [-0.15, -0.1) is 0 Å². The Balaban J connectivity index is 1.36. The molecule has 1 spiro atoms. The van der Waals surface area contributed by atoms with Gasteiger partial charge in [0.05, 0.1) is 11.4 Å². The van der Waals surface area contributed by atoms with Crippen molar-refractivity contribution in [3.8, 4) is 16.9 Å². The molecule has 0 atom stereocenters. The fourth-order valence-corrected chi connectivity index (χ4v) is 7.62. The smallest absolute Gasteiger partial charge is 0.263 e. The Kier molecular flexibility index (Phi) is 9.20. The van der Waals surface area contributed by atoms with Gasteiger partial charge in [0, 0.05) is 12.0 Å². The number of hydrogen-bond acceptors (Lipinski definition) is 7. The molecule has 1 aromatic heterocycles. The number of nitrogens with zero attached hydrogens (tertiary/aromatic N) is 3. The minimum atomic E-state index is -4.12. The number of anilines is 1. The Morgan fingerprint density at radius 2 is 1.76 bits per heavy atom. The van der Waals surface area contributed by atoms with E-state index in [1.165, 1.54) is 6.07 Å². The van der Waals surface area contributed by atoms with E-state index >= 15 is 0 Å². The molecule has 6 rings (SSSR count). The Hall–Kier alpha value is -4.15. The van der Waals surface area contributed by atoms with Crippen molar-refractivity contribution in [3.05, 3.63) is 94.7 Å². The number of benzene rings is 3. The number of halogens is 1. The van der Waals surface area contributed by atoms with Gasteiger partial charge in [0.2, 0.25) is 5.82 Å². The number of unbranched alkanes of at least 4 members (excludes halogenated alkanes) is 1. The quantitative estimate of drug-likeness (QED) is 0.165. The normalized spacial score (nSPS) is 15.8. The van der Waals surface area contributed by atoms with E-state index in [1.807, 2.05) is 53.4 Å². The molecule has 0 bridgehead atoms. The molecule has 0 saturated heterocycles. The minimum absolute atomic E-state index is 0.0484. The topological polar surface area (TPSA) is 114 Å². The number of hydrogen-bond donors (Lipinski definition) is 1. The molecular weight excluding hydrogens is 624 g/mol. The first kappa shape index (κ1) is 31.8. The Bertz CT molecular complexity index is 1870. The van der Waals surface area contributed by atoms with Gasteiger partial charge in [-0.05, 0) is 67.1 Å². The fraction of sp³-hybridized carbons (Fsp3) is 0.343. The summed E-state index contributed by atoms with van der Waals surface area (Å²) in [6, 6.07) is 22.0. The Morgan fingerprint density at radius 3 is 2.48 bits per heavy atom. The van der Waals surface area contributed by atoms with E-state index in [-0.39, 0.29) is 28.3 Å². The van der Waals surface area contributed by atoms with Gasteiger partial charge in [0.15, 0.2) is 5.76 Å². The molecule has 2 aliphatic rings. The predicted molar refractivity (Wildman–Crippen MR) is 178 cm³/mol. The number of carbonyl (C=O) groups is 1. The highest BCUT2D eigenvalue weighted by Gasteiger charge is 2.49. The van der Waals surface area contributed by atoms with Gasteiger partial charge in [-0.2, -0.15) is 0 Å². The van der Waals surface area contributed by atoms with Crippen LogP contribution in [0.3, 0.4) is 0 Å². The van der Waals surface area contributed by atoms with Crippen LogP contribution in [0, 0.1) is 6.92 Å². The van der Waals surface area contributed by atoms with Crippen molar-refractivity contribution in [2.24, 2.45) is 4.99 Å². The minimum Gasteiger partial charge on any atom is -0.489 e. The average molecular weight is 661 g/mol. The zero-order valence-electron chi connectivity index (χ0n) is 26.0. The molecule has 0 unspecified atom stereocenters. The summed E-state index contributed by atoms with van der Waals surface area (Å²) in [6.45, 7) is 4.30. The molecule has 46 heavy (non-hydrogen) atoms. The Labute approximate surface area is 274 Å². The van der Waals surface area contributed by atoms with Crippen LogP contribution in [0.4, 0.5) is 5.82 Å². The van der Waals surface area contributed by atoms with Gasteiger partial charge < -0.3 is 9.26 Å². The van der Waals surface area contributed by atoms with E-state index in [1.54, 1.807) is 25.1 Å². The molecule has 1 fully saturated rings. The zero-order chi connectivity index (χ0) is 32.3. The molecular formula is C35H37ClN4O5S. The highest BCUT2D eigenvalue weighted by Crippen LogP contribution is 2.40. The van der Waals surface area contributed by atoms with Crippen LogP contribution in [0.15, 0.2) is 87.2 Å². The maximum Gasteiger partial charge on any atom is 0.263 e. The highest BCUT2D eigenvalue weighted by atomic mass is 35.5. The maximum atomic E-state index is 13.8. The number of ether oxygens (including phenoxy) is 1. The molecule has 1 aliphatic heterocycles. The second-order valence-corrected chi connectivity index (χ2v) is 13.9. The first-order chi connectivity index (χ1) is 22.2. The maximum absolute atomic E-state index is 13.8. The molecule has 3 aromatic carbocycles. The Morgan fingerprint density at radius 1 is 1.02 bits per heavy atom. The SMILES string of the molecule is CCCCC1=NC2(CCCC2)C(=O)N1Cc1ccc(-c2ccccc2S(=O)(=O)Nc2noc(C)c2Cl)c(COc2ccccc2)c1. The zero-order valence-corrected chi connectivity index (χ0v) is 27.5. The fourth-order valence-electron chi connectivity index (χ4n) is 6.22. The van der Waals surface area contributed by atoms with Gasteiger partial charge in [-0.25, -0.2) is 8.42 Å². The molecule has 9 nitrogen and oxygen atoms in total. The molecule has 4 aromatic rings. The van der Waals surface area contributed by atoms with E-state index in [2.05, 4.69) is 16.8 Å². The van der Waals surface area contributed by atoms with Gasteiger partial charge in [0.1, 0.15) is 28.8 Å². The number of aromatic nitrogens is 1. The number of aryl methyl sites for hydroxylation is 1. The summed E-state index contributed by atoms with van der Waals surface area (Å²) in [4.78, 5) is 20.8. The lowest BCUT2D eigenvalue weighted by molar-refractivity contribution is -0.131. The second-order valence-electron chi connectivity index (χ2n) is 11.9. The average Bonchev–Trinajstić information content (AvgIpc) is 3.74. The number of amides is 1. The van der Waals surface area contributed by atoms with Crippen molar-refractivity contribution in [1.29, 1.82) is 0 Å². The van der Waals surface area contributed by atoms with Crippen LogP contribution < -0.4 is 9.46 Å². The first-order valence-corrected chi connectivity index (χ1v) is 17.5. The van der Waals surface area contributed by atoms with Gasteiger partial charge in [-0.3, -0.25) is 19.4 Å². The molecule has 2 heterocycles. The summed E-state index contributed by atoms with van der Waals surface area (Å²) in [5, 5.41) is 3.86. The number of amidine groups is 1. The number of carbonyl (C=O) groups excluding carboxylic acids is 1. The van der Waals surface area contributed by atoms with Crippen LogP contribution >= 0.6 is 11.6 Å². The van der Waals surface area contributed by atoms with E-state index in [4.69, 9.17) is 25.9 Å². The van der Waals surface area contributed by atoms with Crippen molar-refractivity contribution in [2.75, 3.05) is 4.72 Å². The van der Waals surface area contributed by atoms with Crippen LogP contribution in [0.2, 0.25) is 5.02 Å². The number of rotatable bonds is 12. The van der Waals surface area contributed by atoms with Crippen LogP contribution in [0.25, 0.3) is 11.1 Å². The predicted octanol–water partition coefficient (Wildman–Crippen LogP) is 7.93. The summed E-state index contributed by atoms with van der Waals surface area (Å²) < 4.78 is 41.1.